The van der Waals surface area contributed by atoms with Gasteiger partial charge in [0.15, 0.2) is 11.2 Å². The van der Waals surface area contributed by atoms with Crippen molar-refractivity contribution < 1.29 is 4.74 Å². The molecule has 0 unspecified atom stereocenters. The van der Waals surface area contributed by atoms with E-state index in [-0.39, 0.29) is 11.7 Å². The van der Waals surface area contributed by atoms with E-state index >= 15 is 0 Å². The molecular formula is C25H24N6O3. The van der Waals surface area contributed by atoms with Gasteiger partial charge in [-0.2, -0.15) is 10.1 Å². The average molecular weight is 457 g/mol. The lowest BCUT2D eigenvalue weighted by atomic mass is 10.1. The summed E-state index contributed by atoms with van der Waals surface area (Å²) in [5.41, 5.74) is 3.84. The lowest BCUT2D eigenvalue weighted by Gasteiger charge is -2.11. The van der Waals surface area contributed by atoms with Gasteiger partial charge in [0.2, 0.25) is 0 Å². The molecule has 172 valence electrons. The molecule has 0 aliphatic carbocycles. The third-order valence-corrected chi connectivity index (χ3v) is 5.84. The van der Waals surface area contributed by atoms with Crippen LogP contribution in [-0.4, -0.2) is 28.5 Å². The average Bonchev–Trinajstić information content (AvgIpc) is 3.41. The molecule has 34 heavy (non-hydrogen) atoms. The minimum absolute atomic E-state index is 0.240. The first-order chi connectivity index (χ1) is 16.3. The lowest BCUT2D eigenvalue weighted by molar-refractivity contribution is 0.421. The van der Waals surface area contributed by atoms with Crippen molar-refractivity contribution in [1.82, 2.24) is 28.5 Å². The van der Waals surface area contributed by atoms with E-state index in [4.69, 9.17) is 4.74 Å². The van der Waals surface area contributed by atoms with Crippen LogP contribution in [0.5, 0.6) is 11.8 Å². The molecule has 0 atom stereocenters. The van der Waals surface area contributed by atoms with E-state index in [1.54, 1.807) is 22.5 Å². The molecule has 0 N–H and O–H groups in total. The Hall–Kier alpha value is -4.40. The van der Waals surface area contributed by atoms with E-state index in [0.717, 1.165) is 26.8 Å². The van der Waals surface area contributed by atoms with Crippen molar-refractivity contribution in [2.24, 2.45) is 21.1 Å². The molecule has 2 aromatic carbocycles. The Labute approximate surface area is 195 Å². The summed E-state index contributed by atoms with van der Waals surface area (Å²) >= 11 is 0. The second-order valence-corrected chi connectivity index (χ2v) is 8.38. The molecule has 9 nitrogen and oxygen atoms in total. The monoisotopic (exact) mass is 456 g/mol. The Morgan fingerprint density at radius 1 is 0.941 bits per heavy atom. The molecule has 0 bridgehead atoms. The van der Waals surface area contributed by atoms with Crippen LogP contribution in [0.15, 0.2) is 70.5 Å². The first kappa shape index (κ1) is 21.4. The van der Waals surface area contributed by atoms with E-state index in [9.17, 15) is 9.59 Å². The number of fused-ring (bicyclic) bond motifs is 1. The highest BCUT2D eigenvalue weighted by molar-refractivity contribution is 5.72. The molecule has 9 heteroatoms. The van der Waals surface area contributed by atoms with Crippen LogP contribution in [0.4, 0.5) is 0 Å². The van der Waals surface area contributed by atoms with Crippen LogP contribution in [0.3, 0.4) is 0 Å². The number of hydrogen-bond acceptors (Lipinski definition) is 5. The van der Waals surface area contributed by atoms with Crippen LogP contribution >= 0.6 is 0 Å². The maximum atomic E-state index is 13.1. The zero-order valence-electron chi connectivity index (χ0n) is 19.4. The normalized spacial score (nSPS) is 11.3. The number of hydrogen-bond donors (Lipinski definition) is 0. The zero-order chi connectivity index (χ0) is 24.0. The number of imidazole rings is 1. The van der Waals surface area contributed by atoms with Crippen molar-refractivity contribution in [1.29, 1.82) is 0 Å². The van der Waals surface area contributed by atoms with E-state index in [1.807, 2.05) is 68.7 Å². The standard InChI is InChI=1S/C25H24N6O3/c1-16-6-5-7-17(12-16)14-31-21-22(29(3)25(33)30(4)23(21)32)27-24(31)34-20-10-8-18(9-11-20)19-13-26-28(2)15-19/h5-13,15H,14H2,1-4H3. The predicted molar refractivity (Wildman–Crippen MR) is 129 cm³/mol. The Kier molecular flexibility index (Phi) is 5.16. The molecule has 0 amide bonds. The number of rotatable bonds is 5. The van der Waals surface area contributed by atoms with Gasteiger partial charge in [0.05, 0.1) is 12.7 Å². The first-order valence-corrected chi connectivity index (χ1v) is 10.8. The Morgan fingerprint density at radius 2 is 1.71 bits per heavy atom. The van der Waals surface area contributed by atoms with E-state index in [2.05, 4.69) is 10.1 Å². The summed E-state index contributed by atoms with van der Waals surface area (Å²) in [5.74, 6) is 0.565. The Bertz CT molecular complexity index is 1640. The van der Waals surface area contributed by atoms with E-state index < -0.39 is 11.2 Å². The number of benzene rings is 2. The molecular weight excluding hydrogens is 432 g/mol. The summed E-state index contributed by atoms with van der Waals surface area (Å²) in [6, 6.07) is 15.8. The van der Waals surface area contributed by atoms with Crippen molar-refractivity contribution in [3.05, 3.63) is 92.9 Å². The van der Waals surface area contributed by atoms with Gasteiger partial charge in [-0.3, -0.25) is 23.2 Å². The summed E-state index contributed by atoms with van der Waals surface area (Å²) < 4.78 is 12.1. The summed E-state index contributed by atoms with van der Waals surface area (Å²) in [6.45, 7) is 2.38. The third kappa shape index (κ3) is 3.71. The molecule has 0 saturated carbocycles. The molecule has 5 rings (SSSR count). The van der Waals surface area contributed by atoms with Crippen LogP contribution in [0, 0.1) is 6.92 Å². The fraction of sp³-hybridized carbons (Fsp3) is 0.200. The Balaban J connectivity index is 1.61. The van der Waals surface area contributed by atoms with Crippen LogP contribution in [0.1, 0.15) is 11.1 Å². The van der Waals surface area contributed by atoms with Gasteiger partial charge in [0.25, 0.3) is 5.56 Å². The summed E-state index contributed by atoms with van der Waals surface area (Å²) in [7, 11) is 4.93. The molecule has 0 saturated heterocycles. The molecule has 0 spiro atoms. The molecule has 0 aliphatic rings. The number of nitrogens with zero attached hydrogens (tertiary/aromatic N) is 6. The highest BCUT2D eigenvalue weighted by Gasteiger charge is 2.21. The highest BCUT2D eigenvalue weighted by atomic mass is 16.5. The minimum atomic E-state index is -0.440. The van der Waals surface area contributed by atoms with Gasteiger partial charge >= 0.3 is 11.7 Å². The highest BCUT2D eigenvalue weighted by Crippen LogP contribution is 2.27. The van der Waals surface area contributed by atoms with Gasteiger partial charge in [-0.1, -0.05) is 42.0 Å². The maximum absolute atomic E-state index is 13.1. The molecule has 0 aliphatic heterocycles. The van der Waals surface area contributed by atoms with Crippen LogP contribution in [-0.2, 0) is 27.7 Å². The van der Waals surface area contributed by atoms with Crippen LogP contribution in [0.2, 0.25) is 0 Å². The largest absolute Gasteiger partial charge is 0.425 e. The first-order valence-electron chi connectivity index (χ1n) is 10.8. The number of ether oxygens (including phenoxy) is 1. The molecule has 0 fully saturated rings. The van der Waals surface area contributed by atoms with Crippen molar-refractivity contribution in [2.75, 3.05) is 0 Å². The van der Waals surface area contributed by atoms with E-state index in [1.165, 1.54) is 11.6 Å². The molecule has 0 radical (unpaired) electrons. The SMILES string of the molecule is Cc1cccc(Cn2c(Oc3ccc(-c4cnn(C)c4)cc3)nc3c2c(=O)n(C)c(=O)n3C)c1. The fourth-order valence-corrected chi connectivity index (χ4v) is 4.04. The third-order valence-electron chi connectivity index (χ3n) is 5.84. The van der Waals surface area contributed by atoms with Crippen molar-refractivity contribution >= 4 is 11.2 Å². The van der Waals surface area contributed by atoms with Crippen molar-refractivity contribution in [2.45, 2.75) is 13.5 Å². The fourth-order valence-electron chi connectivity index (χ4n) is 4.04. The zero-order valence-corrected chi connectivity index (χ0v) is 19.4. The van der Waals surface area contributed by atoms with Gasteiger partial charge in [-0.25, -0.2) is 4.79 Å². The van der Waals surface area contributed by atoms with Gasteiger partial charge in [-0.15, -0.1) is 0 Å². The predicted octanol–water partition coefficient (Wildman–Crippen LogP) is 2.98. The number of aryl methyl sites for hydroxylation is 3. The quantitative estimate of drug-likeness (QED) is 0.406. The van der Waals surface area contributed by atoms with Crippen molar-refractivity contribution in [3.63, 3.8) is 0 Å². The second kappa shape index (κ2) is 8.18. The van der Waals surface area contributed by atoms with Gasteiger partial charge in [0, 0.05) is 32.9 Å². The minimum Gasteiger partial charge on any atom is -0.425 e. The molecule has 3 aromatic heterocycles. The number of aromatic nitrogens is 6. The summed E-state index contributed by atoms with van der Waals surface area (Å²) in [5, 5.41) is 4.21. The smallest absolute Gasteiger partial charge is 0.332 e. The van der Waals surface area contributed by atoms with Gasteiger partial charge in [0.1, 0.15) is 5.75 Å². The van der Waals surface area contributed by atoms with Crippen LogP contribution in [0.25, 0.3) is 22.3 Å². The second-order valence-electron chi connectivity index (χ2n) is 8.38. The maximum Gasteiger partial charge on any atom is 0.332 e. The molecule has 5 aromatic rings. The van der Waals surface area contributed by atoms with Gasteiger partial charge in [-0.05, 0) is 30.2 Å². The lowest BCUT2D eigenvalue weighted by Crippen LogP contribution is -2.37. The Morgan fingerprint density at radius 3 is 2.38 bits per heavy atom. The van der Waals surface area contributed by atoms with Crippen molar-refractivity contribution in [3.8, 4) is 22.9 Å². The van der Waals surface area contributed by atoms with E-state index in [0.29, 0.717) is 17.8 Å². The molecule has 3 heterocycles. The van der Waals surface area contributed by atoms with Crippen LogP contribution < -0.4 is 16.0 Å². The summed E-state index contributed by atoms with van der Waals surface area (Å²) in [6.07, 6.45) is 3.74. The topological polar surface area (TPSA) is 88.9 Å². The van der Waals surface area contributed by atoms with Gasteiger partial charge < -0.3 is 4.74 Å². The summed E-state index contributed by atoms with van der Waals surface area (Å²) in [4.78, 5) is 30.1.